The van der Waals surface area contributed by atoms with Crippen molar-refractivity contribution >= 4 is 21.7 Å². The molecule has 0 aromatic rings. The van der Waals surface area contributed by atoms with Crippen molar-refractivity contribution in [3.05, 3.63) is 0 Å². The average molecular weight is 304 g/mol. The minimum Gasteiger partial charge on any atom is -0.355 e. The standard InChI is InChI=1S/C13H24N2O4S/c1-3-4-5-7-14-13(17)9-15(11(2)16)12-6-8-20(18,19)10-12/h12H,3-10H2,1-2H3,(H,14,17). The highest BCUT2D eigenvalue weighted by Gasteiger charge is 2.34. The lowest BCUT2D eigenvalue weighted by molar-refractivity contribution is -0.136. The van der Waals surface area contributed by atoms with Gasteiger partial charge in [-0.25, -0.2) is 8.42 Å². The Kier molecular flexibility index (Phi) is 6.45. The first-order valence-corrected chi connectivity index (χ1v) is 8.92. The molecule has 1 aliphatic heterocycles. The van der Waals surface area contributed by atoms with Gasteiger partial charge in [0, 0.05) is 19.5 Å². The summed E-state index contributed by atoms with van der Waals surface area (Å²) < 4.78 is 22.9. The molecule has 20 heavy (non-hydrogen) atoms. The number of hydrogen-bond acceptors (Lipinski definition) is 4. The molecule has 1 heterocycles. The Morgan fingerprint density at radius 3 is 2.50 bits per heavy atom. The first-order chi connectivity index (χ1) is 9.35. The molecule has 1 fully saturated rings. The van der Waals surface area contributed by atoms with Crippen LogP contribution in [-0.2, 0) is 19.4 Å². The highest BCUT2D eigenvalue weighted by molar-refractivity contribution is 7.91. The summed E-state index contributed by atoms with van der Waals surface area (Å²) in [6.45, 7) is 4.00. The van der Waals surface area contributed by atoms with Crippen molar-refractivity contribution in [3.8, 4) is 0 Å². The molecule has 0 bridgehead atoms. The molecule has 1 aliphatic rings. The number of amides is 2. The Labute approximate surface area is 120 Å². The molecule has 1 unspecified atom stereocenters. The van der Waals surface area contributed by atoms with E-state index < -0.39 is 9.84 Å². The topological polar surface area (TPSA) is 83.6 Å². The Balaban J connectivity index is 2.47. The lowest BCUT2D eigenvalue weighted by Crippen LogP contribution is -2.46. The molecule has 1 N–H and O–H groups in total. The van der Waals surface area contributed by atoms with Crippen LogP contribution in [0.2, 0.25) is 0 Å². The minimum absolute atomic E-state index is 0.0320. The number of nitrogens with zero attached hydrogens (tertiary/aromatic N) is 1. The molecule has 116 valence electrons. The third-order valence-corrected chi connectivity index (χ3v) is 5.22. The molecule has 0 radical (unpaired) electrons. The van der Waals surface area contributed by atoms with Crippen LogP contribution in [0.5, 0.6) is 0 Å². The van der Waals surface area contributed by atoms with Crippen molar-refractivity contribution in [3.63, 3.8) is 0 Å². The number of hydrogen-bond donors (Lipinski definition) is 1. The van der Waals surface area contributed by atoms with Gasteiger partial charge >= 0.3 is 0 Å². The summed E-state index contributed by atoms with van der Waals surface area (Å²) in [6, 6.07) is -0.362. The van der Waals surface area contributed by atoms with E-state index in [-0.39, 0.29) is 35.9 Å². The fourth-order valence-electron chi connectivity index (χ4n) is 2.33. The Bertz CT molecular complexity index is 447. The smallest absolute Gasteiger partial charge is 0.239 e. The average Bonchev–Trinajstić information content (AvgIpc) is 2.71. The fourth-order valence-corrected chi connectivity index (χ4v) is 4.06. The van der Waals surface area contributed by atoms with Crippen LogP contribution in [0.4, 0.5) is 0 Å². The highest BCUT2D eigenvalue weighted by Crippen LogP contribution is 2.17. The molecule has 1 atom stereocenters. The normalized spacial score (nSPS) is 20.6. The zero-order valence-corrected chi connectivity index (χ0v) is 13.0. The van der Waals surface area contributed by atoms with Crippen molar-refractivity contribution in [2.24, 2.45) is 0 Å². The zero-order chi connectivity index (χ0) is 15.2. The van der Waals surface area contributed by atoms with Crippen molar-refractivity contribution in [1.82, 2.24) is 10.2 Å². The van der Waals surface area contributed by atoms with E-state index in [0.29, 0.717) is 13.0 Å². The highest BCUT2D eigenvalue weighted by atomic mass is 32.2. The third kappa shape index (κ3) is 5.48. The predicted molar refractivity (Wildman–Crippen MR) is 77.0 cm³/mol. The summed E-state index contributed by atoms with van der Waals surface area (Å²) in [7, 11) is -3.06. The number of carbonyl (C=O) groups excluding carboxylic acids is 2. The lowest BCUT2D eigenvalue weighted by atomic mass is 10.2. The SMILES string of the molecule is CCCCCNC(=O)CN(C(C)=O)C1CCS(=O)(=O)C1. The van der Waals surface area contributed by atoms with Crippen molar-refractivity contribution in [1.29, 1.82) is 0 Å². The zero-order valence-electron chi connectivity index (χ0n) is 12.2. The van der Waals surface area contributed by atoms with Gasteiger partial charge in [0.15, 0.2) is 9.84 Å². The van der Waals surface area contributed by atoms with Gasteiger partial charge in [0.2, 0.25) is 11.8 Å². The lowest BCUT2D eigenvalue weighted by Gasteiger charge is -2.26. The maximum atomic E-state index is 11.8. The summed E-state index contributed by atoms with van der Waals surface area (Å²) in [5.41, 5.74) is 0. The van der Waals surface area contributed by atoms with Gasteiger partial charge in [-0.1, -0.05) is 19.8 Å². The number of rotatable bonds is 7. The number of carbonyl (C=O) groups is 2. The van der Waals surface area contributed by atoms with E-state index in [1.54, 1.807) is 0 Å². The van der Waals surface area contributed by atoms with Gasteiger partial charge in [0.05, 0.1) is 18.1 Å². The van der Waals surface area contributed by atoms with Gasteiger partial charge in [-0.15, -0.1) is 0 Å². The summed E-state index contributed by atoms with van der Waals surface area (Å²) in [5, 5.41) is 2.76. The van der Waals surface area contributed by atoms with Gasteiger partial charge in [-0.3, -0.25) is 9.59 Å². The van der Waals surface area contributed by atoms with Crippen LogP contribution in [0.15, 0.2) is 0 Å². The summed E-state index contributed by atoms with van der Waals surface area (Å²) in [5.74, 6) is -0.411. The maximum absolute atomic E-state index is 11.8. The van der Waals surface area contributed by atoms with E-state index in [9.17, 15) is 18.0 Å². The Morgan fingerprint density at radius 2 is 2.00 bits per heavy atom. The molecule has 0 aromatic carbocycles. The quantitative estimate of drug-likeness (QED) is 0.687. The molecule has 2 amide bonds. The molecule has 1 saturated heterocycles. The molecule has 0 spiro atoms. The molecule has 0 saturated carbocycles. The van der Waals surface area contributed by atoms with E-state index >= 15 is 0 Å². The summed E-state index contributed by atoms with van der Waals surface area (Å²) in [6.07, 6.45) is 3.47. The summed E-state index contributed by atoms with van der Waals surface area (Å²) in [4.78, 5) is 24.8. The van der Waals surface area contributed by atoms with Crippen LogP contribution in [0, 0.1) is 0 Å². The van der Waals surface area contributed by atoms with Gasteiger partial charge in [0.1, 0.15) is 0 Å². The Hall–Kier alpha value is -1.11. The van der Waals surface area contributed by atoms with Crippen LogP contribution < -0.4 is 5.32 Å². The van der Waals surface area contributed by atoms with Crippen molar-refractivity contribution in [2.75, 3.05) is 24.6 Å². The molecule has 0 aliphatic carbocycles. The number of unbranched alkanes of at least 4 members (excludes halogenated alkanes) is 2. The van der Waals surface area contributed by atoms with Gasteiger partial charge < -0.3 is 10.2 Å². The van der Waals surface area contributed by atoms with E-state index in [1.807, 2.05) is 0 Å². The van der Waals surface area contributed by atoms with Crippen LogP contribution >= 0.6 is 0 Å². The molecule has 1 rings (SSSR count). The molecule has 6 nitrogen and oxygen atoms in total. The predicted octanol–water partition coefficient (Wildman–Crippen LogP) is 0.328. The number of sulfone groups is 1. The third-order valence-electron chi connectivity index (χ3n) is 3.47. The first-order valence-electron chi connectivity index (χ1n) is 7.10. The van der Waals surface area contributed by atoms with Gasteiger partial charge in [-0.2, -0.15) is 0 Å². The minimum atomic E-state index is -3.06. The monoisotopic (exact) mass is 304 g/mol. The van der Waals surface area contributed by atoms with E-state index in [0.717, 1.165) is 19.3 Å². The second-order valence-corrected chi connectivity index (χ2v) is 7.49. The van der Waals surface area contributed by atoms with E-state index in [1.165, 1.54) is 11.8 Å². The fraction of sp³-hybridized carbons (Fsp3) is 0.846. The van der Waals surface area contributed by atoms with Crippen molar-refractivity contribution < 1.29 is 18.0 Å². The maximum Gasteiger partial charge on any atom is 0.239 e. The first kappa shape index (κ1) is 16.9. The second-order valence-electron chi connectivity index (χ2n) is 5.26. The van der Waals surface area contributed by atoms with Crippen LogP contribution in [-0.4, -0.2) is 55.8 Å². The number of nitrogens with one attached hydrogen (secondary N) is 1. The molecule has 7 heteroatoms. The molecular weight excluding hydrogens is 280 g/mol. The van der Waals surface area contributed by atoms with Gasteiger partial charge in [-0.05, 0) is 12.8 Å². The van der Waals surface area contributed by atoms with E-state index in [4.69, 9.17) is 0 Å². The van der Waals surface area contributed by atoms with Crippen LogP contribution in [0.3, 0.4) is 0 Å². The van der Waals surface area contributed by atoms with E-state index in [2.05, 4.69) is 12.2 Å². The molecule has 0 aromatic heterocycles. The van der Waals surface area contributed by atoms with Crippen molar-refractivity contribution in [2.45, 2.75) is 45.6 Å². The van der Waals surface area contributed by atoms with Crippen LogP contribution in [0.1, 0.15) is 39.5 Å². The summed E-state index contributed by atoms with van der Waals surface area (Å²) >= 11 is 0. The van der Waals surface area contributed by atoms with Crippen LogP contribution in [0.25, 0.3) is 0 Å². The van der Waals surface area contributed by atoms with Gasteiger partial charge in [0.25, 0.3) is 0 Å². The second kappa shape index (κ2) is 7.61. The molecular formula is C13H24N2O4S. The Morgan fingerprint density at radius 1 is 1.30 bits per heavy atom. The largest absolute Gasteiger partial charge is 0.355 e.